The monoisotopic (exact) mass is 818 g/mol. The highest BCUT2D eigenvalue weighted by molar-refractivity contribution is 5.80. The van der Waals surface area contributed by atoms with Crippen LogP contribution in [0.1, 0.15) is 147 Å². The fraction of sp³-hybridized carbons (Fsp3) is 0.844. The van der Waals surface area contributed by atoms with Crippen molar-refractivity contribution in [2.24, 2.45) is 44.8 Å². The van der Waals surface area contributed by atoms with Crippen molar-refractivity contribution in [2.75, 3.05) is 6.61 Å². The lowest BCUT2D eigenvalue weighted by atomic mass is 9.37. The Balaban J connectivity index is 1.52. The summed E-state index contributed by atoms with van der Waals surface area (Å²) in [5, 5.41) is 23.9. The number of carbonyl (C=O) groups is 5. The van der Waals surface area contributed by atoms with Crippen molar-refractivity contribution in [2.45, 2.75) is 190 Å². The molecule has 3 saturated carbocycles. The molecule has 328 valence electrons. The van der Waals surface area contributed by atoms with Crippen LogP contribution < -0.4 is 0 Å². The van der Waals surface area contributed by atoms with Gasteiger partial charge in [0.05, 0.1) is 12.2 Å². The van der Waals surface area contributed by atoms with Crippen molar-refractivity contribution in [3.8, 4) is 0 Å². The Labute approximate surface area is 344 Å². The molecule has 1 aliphatic heterocycles. The highest BCUT2D eigenvalue weighted by atomic mass is 16.7. The molecular formula is C45H70O13. The Hall–Kier alpha value is -3.03. The zero-order chi connectivity index (χ0) is 43.2. The van der Waals surface area contributed by atoms with E-state index >= 15 is 4.79 Å². The summed E-state index contributed by atoms with van der Waals surface area (Å²) in [4.78, 5) is 64.3. The second-order valence-corrected chi connectivity index (χ2v) is 19.9. The van der Waals surface area contributed by atoms with Crippen LogP contribution in [0.3, 0.4) is 0 Å². The van der Waals surface area contributed by atoms with Gasteiger partial charge >= 0.3 is 29.8 Å². The van der Waals surface area contributed by atoms with E-state index in [2.05, 4.69) is 54.5 Å². The number of hydrogen-bond donors (Lipinski definition) is 2. The Morgan fingerprint density at radius 3 is 2.09 bits per heavy atom. The SMILES string of the molecule is CCCC[C@H](O)C(C)(C)[C@@H]1CC[C@]2(C)[C@H](CC=C3[C@@H]4CC(C)(C)CC[C@]4(C(=O)O[C@H]4OC(COC(C)=O)[C@H](OC(C)=O)C(OC(C)=O)C4OC(C)=O)C(O)C[C@]32C)C1. The maximum Gasteiger partial charge on any atom is 0.317 e. The molecule has 5 rings (SSSR count). The summed E-state index contributed by atoms with van der Waals surface area (Å²) >= 11 is 0. The molecule has 0 bridgehead atoms. The first-order chi connectivity index (χ1) is 26.9. The fourth-order valence-corrected chi connectivity index (χ4v) is 11.7. The van der Waals surface area contributed by atoms with Gasteiger partial charge in [-0.3, -0.25) is 24.0 Å². The third-order valence-corrected chi connectivity index (χ3v) is 15.5. The van der Waals surface area contributed by atoms with Gasteiger partial charge in [-0.05, 0) is 97.2 Å². The molecule has 5 aliphatic rings. The van der Waals surface area contributed by atoms with Gasteiger partial charge in [-0.1, -0.05) is 73.0 Å². The van der Waals surface area contributed by atoms with Crippen molar-refractivity contribution < 1.29 is 62.6 Å². The molecule has 0 amide bonds. The number of esters is 5. The molecule has 13 atom stereocenters. The first-order valence-corrected chi connectivity index (χ1v) is 21.5. The molecule has 0 aromatic carbocycles. The minimum Gasteiger partial charge on any atom is -0.463 e. The highest BCUT2D eigenvalue weighted by Gasteiger charge is 2.69. The molecule has 0 spiro atoms. The van der Waals surface area contributed by atoms with Gasteiger partial charge in [-0.2, -0.15) is 0 Å². The molecule has 1 heterocycles. The van der Waals surface area contributed by atoms with E-state index in [4.69, 9.17) is 28.4 Å². The van der Waals surface area contributed by atoms with Crippen molar-refractivity contribution in [1.29, 1.82) is 0 Å². The molecule has 0 aromatic rings. The van der Waals surface area contributed by atoms with E-state index in [0.29, 0.717) is 37.5 Å². The summed E-state index contributed by atoms with van der Waals surface area (Å²) in [6, 6.07) is 0. The van der Waals surface area contributed by atoms with E-state index in [1.54, 1.807) is 0 Å². The van der Waals surface area contributed by atoms with Gasteiger partial charge in [0.2, 0.25) is 12.4 Å². The van der Waals surface area contributed by atoms with E-state index < -0.39 is 84.1 Å². The lowest BCUT2D eigenvalue weighted by molar-refractivity contribution is -0.306. The van der Waals surface area contributed by atoms with E-state index in [1.807, 2.05) is 0 Å². The van der Waals surface area contributed by atoms with Crippen LogP contribution in [0.2, 0.25) is 0 Å². The highest BCUT2D eigenvalue weighted by Crippen LogP contribution is 2.72. The zero-order valence-corrected chi connectivity index (χ0v) is 36.7. The zero-order valence-electron chi connectivity index (χ0n) is 36.7. The minimum absolute atomic E-state index is 0.157. The third-order valence-electron chi connectivity index (χ3n) is 15.5. The Morgan fingerprint density at radius 1 is 0.862 bits per heavy atom. The largest absolute Gasteiger partial charge is 0.463 e. The second-order valence-electron chi connectivity index (χ2n) is 19.9. The average Bonchev–Trinajstić information content (AvgIpc) is 3.11. The predicted molar refractivity (Wildman–Crippen MR) is 211 cm³/mol. The number of unbranched alkanes of at least 4 members (excludes halogenated alkanes) is 1. The Bertz CT molecular complexity index is 1600. The Kier molecular flexibility index (Phi) is 13.6. The van der Waals surface area contributed by atoms with E-state index in [1.165, 1.54) is 12.5 Å². The molecule has 2 N–H and O–H groups in total. The van der Waals surface area contributed by atoms with Crippen molar-refractivity contribution in [3.05, 3.63) is 11.6 Å². The predicted octanol–water partition coefficient (Wildman–Crippen LogP) is 6.53. The second kappa shape index (κ2) is 17.1. The van der Waals surface area contributed by atoms with E-state index in [-0.39, 0.29) is 28.3 Å². The van der Waals surface area contributed by atoms with Crippen LogP contribution in [0.5, 0.6) is 0 Å². The minimum atomic E-state index is -1.69. The van der Waals surface area contributed by atoms with Crippen LogP contribution in [0.4, 0.5) is 0 Å². The van der Waals surface area contributed by atoms with Crippen LogP contribution >= 0.6 is 0 Å². The number of ether oxygens (including phenoxy) is 6. The third kappa shape index (κ3) is 8.60. The van der Waals surface area contributed by atoms with Crippen LogP contribution in [-0.2, 0) is 52.4 Å². The summed E-state index contributed by atoms with van der Waals surface area (Å²) in [7, 11) is 0. The molecule has 13 nitrogen and oxygen atoms in total. The lowest BCUT2D eigenvalue weighted by Crippen LogP contribution is -2.66. The first kappa shape index (κ1) is 46.0. The molecule has 58 heavy (non-hydrogen) atoms. The van der Waals surface area contributed by atoms with E-state index in [0.717, 1.165) is 65.7 Å². The van der Waals surface area contributed by atoms with E-state index in [9.17, 15) is 29.4 Å². The molecule has 0 radical (unpaired) electrons. The van der Waals surface area contributed by atoms with Gasteiger partial charge < -0.3 is 38.6 Å². The summed E-state index contributed by atoms with van der Waals surface area (Å²) in [5.41, 5.74) is -1.20. The smallest absolute Gasteiger partial charge is 0.317 e. The molecule has 4 fully saturated rings. The van der Waals surface area contributed by atoms with Crippen LogP contribution in [0, 0.1) is 44.8 Å². The maximum atomic E-state index is 15.1. The van der Waals surface area contributed by atoms with Crippen molar-refractivity contribution >= 4 is 29.8 Å². The molecule has 0 aromatic heterocycles. The van der Waals surface area contributed by atoms with Gasteiger partial charge in [0.1, 0.15) is 18.1 Å². The summed E-state index contributed by atoms with van der Waals surface area (Å²) < 4.78 is 34.4. The van der Waals surface area contributed by atoms with Gasteiger partial charge in [0.25, 0.3) is 0 Å². The van der Waals surface area contributed by atoms with Gasteiger partial charge in [-0.15, -0.1) is 0 Å². The molecule has 1 saturated heterocycles. The van der Waals surface area contributed by atoms with Gasteiger partial charge in [-0.25, -0.2) is 0 Å². The first-order valence-electron chi connectivity index (χ1n) is 21.5. The van der Waals surface area contributed by atoms with Crippen LogP contribution in [0.15, 0.2) is 11.6 Å². The topological polar surface area (TPSA) is 181 Å². The number of carbonyl (C=O) groups excluding carboxylic acids is 5. The number of rotatable bonds is 12. The van der Waals surface area contributed by atoms with Gasteiger partial charge in [0.15, 0.2) is 12.2 Å². The molecular weight excluding hydrogens is 748 g/mol. The number of aliphatic hydroxyl groups is 2. The van der Waals surface area contributed by atoms with Gasteiger partial charge in [0, 0.05) is 27.7 Å². The molecule has 13 heteroatoms. The van der Waals surface area contributed by atoms with Crippen LogP contribution in [-0.4, -0.2) is 89.6 Å². The standard InChI is InChI=1S/C45H70O13/c1-12-13-14-34(50)42(8,9)29-17-18-43(10)30(21-29)15-16-31-32-22-41(6,7)19-20-45(32,35(51)23-44(31,43)11)40(52)58-39-38(56-28(5)49)37(55-27(4)48)36(54-26(3)47)33(57-39)24-53-25(2)46/h16,29-30,32-39,50-51H,12-15,17-24H2,1-11H3/t29-,30-,32+,33?,34+,35?,36+,37?,38?,39-,43-,44-,45-/m1/s1. The number of allylic oxidation sites excluding steroid dienone is 2. The van der Waals surface area contributed by atoms with Crippen LogP contribution in [0.25, 0.3) is 0 Å². The molecule has 4 aliphatic carbocycles. The number of aliphatic hydroxyl groups excluding tert-OH is 2. The summed E-state index contributed by atoms with van der Waals surface area (Å²) in [5.74, 6) is -3.47. The quantitative estimate of drug-likeness (QED) is 0.123. The lowest BCUT2D eigenvalue weighted by Gasteiger charge is -2.67. The fourth-order valence-electron chi connectivity index (χ4n) is 11.7. The molecule has 4 unspecified atom stereocenters. The number of fused-ring (bicyclic) bond motifs is 5. The normalized spacial score (nSPS) is 38.6. The summed E-state index contributed by atoms with van der Waals surface area (Å²) in [6.45, 7) is 19.7. The van der Waals surface area contributed by atoms with Crippen molar-refractivity contribution in [3.63, 3.8) is 0 Å². The Morgan fingerprint density at radius 2 is 1.48 bits per heavy atom. The maximum absolute atomic E-state index is 15.1. The average molecular weight is 819 g/mol. The summed E-state index contributed by atoms with van der Waals surface area (Å²) in [6.07, 6.45) is 1.89. The number of hydrogen-bond acceptors (Lipinski definition) is 13. The van der Waals surface area contributed by atoms with Crippen molar-refractivity contribution in [1.82, 2.24) is 0 Å².